The van der Waals surface area contributed by atoms with Crippen molar-refractivity contribution in [2.75, 3.05) is 17.5 Å². The molecule has 0 fully saturated rings. The molecular weight excluding hydrogens is 241 g/mol. The van der Waals surface area contributed by atoms with Crippen LogP contribution in [0.1, 0.15) is 41.5 Å². The highest BCUT2D eigenvalue weighted by atomic mass is 31.1. The van der Waals surface area contributed by atoms with Gasteiger partial charge in [0.05, 0.1) is 0 Å². The monoisotopic (exact) mass is 267 g/mol. The molecule has 0 aromatic carbocycles. The number of hydrogen-bond donors (Lipinski definition) is 2. The molecule has 2 N–H and O–H groups in total. The maximum Gasteiger partial charge on any atom is 0.131 e. The zero-order chi connectivity index (χ0) is 14.0. The van der Waals surface area contributed by atoms with Gasteiger partial charge in [0, 0.05) is 25.4 Å². The minimum Gasteiger partial charge on any atom is -0.373 e. The molecule has 0 aliphatic rings. The highest BCUT2D eigenvalue weighted by Crippen LogP contribution is 2.58. The van der Waals surface area contributed by atoms with Gasteiger partial charge in [-0.1, -0.05) is 47.6 Å². The van der Waals surface area contributed by atoms with E-state index < -0.39 is 0 Å². The maximum atomic E-state index is 4.55. The van der Waals surface area contributed by atoms with E-state index in [-0.39, 0.29) is 18.4 Å². The molecular formula is C14H26N3P. The Morgan fingerprint density at radius 3 is 1.89 bits per heavy atom. The van der Waals surface area contributed by atoms with Crippen LogP contribution in [0.3, 0.4) is 0 Å². The summed E-state index contributed by atoms with van der Waals surface area (Å²) >= 11 is 0. The molecule has 0 saturated carbocycles. The van der Waals surface area contributed by atoms with E-state index in [1.165, 1.54) is 0 Å². The molecule has 102 valence electrons. The van der Waals surface area contributed by atoms with Gasteiger partial charge in [-0.25, -0.2) is 4.98 Å². The van der Waals surface area contributed by atoms with Crippen LogP contribution in [0.15, 0.2) is 18.2 Å². The Bertz CT molecular complexity index is 377. The molecule has 0 radical (unpaired) electrons. The molecule has 4 heteroatoms. The van der Waals surface area contributed by atoms with Crippen molar-refractivity contribution in [3.63, 3.8) is 0 Å². The number of nitrogens with zero attached hydrogens (tertiary/aromatic N) is 1. The normalized spacial score (nSPS) is 12.7. The lowest BCUT2D eigenvalue weighted by atomic mass is 10.2. The Labute approximate surface area is 113 Å². The lowest BCUT2D eigenvalue weighted by Gasteiger charge is -2.41. The van der Waals surface area contributed by atoms with Gasteiger partial charge < -0.3 is 10.4 Å². The molecule has 0 bridgehead atoms. The quantitative estimate of drug-likeness (QED) is 0.790. The van der Waals surface area contributed by atoms with Crippen molar-refractivity contribution in [1.29, 1.82) is 0 Å². The third-order valence-electron chi connectivity index (χ3n) is 2.57. The summed E-state index contributed by atoms with van der Waals surface area (Å²) in [5, 5.41) is 7.20. The van der Waals surface area contributed by atoms with Crippen LogP contribution >= 0.6 is 8.07 Å². The summed E-state index contributed by atoms with van der Waals surface area (Å²) in [5.41, 5.74) is 0. The third kappa shape index (κ3) is 4.13. The molecule has 0 atom stereocenters. The van der Waals surface area contributed by atoms with Crippen LogP contribution in [0.25, 0.3) is 0 Å². The van der Waals surface area contributed by atoms with Crippen molar-refractivity contribution < 1.29 is 0 Å². The summed E-state index contributed by atoms with van der Waals surface area (Å²) < 4.78 is 0. The highest BCUT2D eigenvalue weighted by Gasteiger charge is 2.35. The van der Waals surface area contributed by atoms with Gasteiger partial charge in [0.1, 0.15) is 11.6 Å². The first kappa shape index (κ1) is 15.2. The van der Waals surface area contributed by atoms with Gasteiger partial charge in [-0.2, -0.15) is 0 Å². The predicted octanol–water partition coefficient (Wildman–Crippen LogP) is 4.53. The molecule has 0 aliphatic carbocycles. The van der Waals surface area contributed by atoms with Crippen LogP contribution in [0, 0.1) is 0 Å². The van der Waals surface area contributed by atoms with Crippen molar-refractivity contribution >= 4 is 19.7 Å². The van der Waals surface area contributed by atoms with Gasteiger partial charge in [-0.15, -0.1) is 0 Å². The van der Waals surface area contributed by atoms with E-state index in [4.69, 9.17) is 0 Å². The summed E-state index contributed by atoms with van der Waals surface area (Å²) in [6.45, 7) is 13.7. The van der Waals surface area contributed by atoms with Crippen LogP contribution in [0.5, 0.6) is 0 Å². The van der Waals surface area contributed by atoms with Gasteiger partial charge >= 0.3 is 0 Å². The molecule has 0 aliphatic heterocycles. The van der Waals surface area contributed by atoms with Crippen LogP contribution in [0.4, 0.5) is 11.6 Å². The molecule has 0 unspecified atom stereocenters. The molecule has 1 heterocycles. The Morgan fingerprint density at radius 1 is 0.944 bits per heavy atom. The van der Waals surface area contributed by atoms with Crippen LogP contribution in [0.2, 0.25) is 0 Å². The summed E-state index contributed by atoms with van der Waals surface area (Å²) in [6, 6.07) is 6.04. The fourth-order valence-corrected chi connectivity index (χ4v) is 5.13. The second-order valence-corrected chi connectivity index (χ2v) is 10.0. The van der Waals surface area contributed by atoms with Crippen molar-refractivity contribution in [2.24, 2.45) is 0 Å². The van der Waals surface area contributed by atoms with Crippen LogP contribution < -0.4 is 10.4 Å². The van der Waals surface area contributed by atoms with Crippen molar-refractivity contribution in [1.82, 2.24) is 4.98 Å². The van der Waals surface area contributed by atoms with Gasteiger partial charge in [-0.3, -0.25) is 0 Å². The Hall–Kier alpha value is -0.820. The highest BCUT2D eigenvalue weighted by molar-refractivity contribution is 7.62. The summed E-state index contributed by atoms with van der Waals surface area (Å²) in [4.78, 5) is 4.55. The molecule has 0 saturated heterocycles. The van der Waals surface area contributed by atoms with Gasteiger partial charge in [0.2, 0.25) is 0 Å². The van der Waals surface area contributed by atoms with Gasteiger partial charge in [-0.05, 0) is 12.1 Å². The minimum atomic E-state index is -0.377. The lowest BCUT2D eigenvalue weighted by Crippen LogP contribution is -2.29. The van der Waals surface area contributed by atoms with Gasteiger partial charge in [0.15, 0.2) is 0 Å². The largest absolute Gasteiger partial charge is 0.373 e. The van der Waals surface area contributed by atoms with E-state index in [9.17, 15) is 0 Å². The second kappa shape index (κ2) is 5.44. The molecule has 3 nitrogen and oxygen atoms in total. The van der Waals surface area contributed by atoms with E-state index in [0.717, 1.165) is 11.6 Å². The third-order valence-corrected chi connectivity index (χ3v) is 5.71. The number of nitrogens with one attached hydrogen (secondary N) is 2. The minimum absolute atomic E-state index is 0.241. The average molecular weight is 267 g/mol. The van der Waals surface area contributed by atoms with Crippen LogP contribution in [-0.4, -0.2) is 22.3 Å². The molecule has 18 heavy (non-hydrogen) atoms. The SMILES string of the molecule is CNc1cccc(NP(C(C)(C)C)C(C)(C)C)n1. The lowest BCUT2D eigenvalue weighted by molar-refractivity contribution is 0.710. The maximum absolute atomic E-state index is 4.55. The Balaban J connectivity index is 2.97. The zero-order valence-corrected chi connectivity index (χ0v) is 13.5. The fraction of sp³-hybridized carbons (Fsp3) is 0.643. The van der Waals surface area contributed by atoms with E-state index >= 15 is 0 Å². The molecule has 0 amide bonds. The van der Waals surface area contributed by atoms with Gasteiger partial charge in [0.25, 0.3) is 0 Å². The van der Waals surface area contributed by atoms with Crippen molar-refractivity contribution in [3.05, 3.63) is 18.2 Å². The Morgan fingerprint density at radius 2 is 1.44 bits per heavy atom. The zero-order valence-electron chi connectivity index (χ0n) is 12.6. The number of pyridine rings is 1. The van der Waals surface area contributed by atoms with Crippen LogP contribution in [-0.2, 0) is 0 Å². The van der Waals surface area contributed by atoms with E-state index in [2.05, 4.69) is 56.9 Å². The predicted molar refractivity (Wildman–Crippen MR) is 83.8 cm³/mol. The molecule has 1 aromatic rings. The topological polar surface area (TPSA) is 37.0 Å². The van der Waals surface area contributed by atoms with E-state index in [0.29, 0.717) is 0 Å². The van der Waals surface area contributed by atoms with E-state index in [1.54, 1.807) is 0 Å². The second-order valence-electron chi connectivity index (χ2n) is 6.45. The fourth-order valence-electron chi connectivity index (χ4n) is 2.09. The number of anilines is 2. The summed E-state index contributed by atoms with van der Waals surface area (Å²) in [5.74, 6) is 1.86. The number of hydrogen-bond acceptors (Lipinski definition) is 3. The first-order chi connectivity index (χ1) is 8.14. The smallest absolute Gasteiger partial charge is 0.131 e. The van der Waals surface area contributed by atoms with Crippen molar-refractivity contribution in [2.45, 2.75) is 51.9 Å². The molecule has 0 spiro atoms. The average Bonchev–Trinajstić information content (AvgIpc) is 2.23. The Kier molecular flexibility index (Phi) is 4.61. The first-order valence-corrected chi connectivity index (χ1v) is 7.70. The van der Waals surface area contributed by atoms with E-state index in [1.807, 2.05) is 25.2 Å². The molecule has 1 aromatic heterocycles. The number of rotatable bonds is 3. The summed E-state index contributed by atoms with van der Waals surface area (Å²) in [7, 11) is 1.51. The number of aromatic nitrogens is 1. The molecule has 1 rings (SSSR count). The van der Waals surface area contributed by atoms with Crippen molar-refractivity contribution in [3.8, 4) is 0 Å². The summed E-state index contributed by atoms with van der Waals surface area (Å²) in [6.07, 6.45) is 0. The standard InChI is InChI=1S/C14H26N3P/c1-13(2,3)18(14(4,5)6)17-12-10-8-9-11(15-7)16-12/h8-10H,1-7H3,(H2,15,16,17). The first-order valence-electron chi connectivity index (χ1n) is 6.36.